The third-order valence-electron chi connectivity index (χ3n) is 3.74. The normalized spacial score (nSPS) is 10.6. The third-order valence-corrected chi connectivity index (χ3v) is 4.57. The second kappa shape index (κ2) is 9.33. The van der Waals surface area contributed by atoms with E-state index < -0.39 is 11.9 Å². The van der Waals surface area contributed by atoms with Gasteiger partial charge in [-0.1, -0.05) is 30.0 Å². The van der Waals surface area contributed by atoms with E-state index in [9.17, 15) is 9.59 Å². The van der Waals surface area contributed by atoms with E-state index in [4.69, 9.17) is 4.74 Å². The minimum Gasteiger partial charge on any atom is -0.455 e. The van der Waals surface area contributed by atoms with E-state index in [2.05, 4.69) is 20.4 Å². The second-order valence-electron chi connectivity index (χ2n) is 6.35. The van der Waals surface area contributed by atoms with Gasteiger partial charge in [0, 0.05) is 17.5 Å². The minimum atomic E-state index is -0.513. The molecular formula is C20H21N5O3S. The van der Waals surface area contributed by atoms with Crippen LogP contribution in [0.3, 0.4) is 0 Å². The van der Waals surface area contributed by atoms with Crippen LogP contribution in [0.5, 0.6) is 0 Å². The van der Waals surface area contributed by atoms with Crippen LogP contribution in [0.4, 0.5) is 5.82 Å². The van der Waals surface area contributed by atoms with Crippen molar-refractivity contribution in [3.63, 3.8) is 0 Å². The number of hydrogen-bond acceptors (Lipinski definition) is 7. The first kappa shape index (κ1) is 20.5. The van der Waals surface area contributed by atoms with Crippen LogP contribution in [-0.2, 0) is 14.3 Å². The van der Waals surface area contributed by atoms with Crippen molar-refractivity contribution in [1.29, 1.82) is 0 Å². The molecule has 0 atom stereocenters. The SMILES string of the molecule is Cc1cc(C)nc(SCC(=O)OCC(=O)Nc2cc(C)nn2-c2ccccc2)n1. The summed E-state index contributed by atoms with van der Waals surface area (Å²) in [5.74, 6) is -0.423. The van der Waals surface area contributed by atoms with Crippen LogP contribution in [0.1, 0.15) is 17.1 Å². The summed E-state index contributed by atoms with van der Waals surface area (Å²) < 4.78 is 6.68. The van der Waals surface area contributed by atoms with E-state index in [1.54, 1.807) is 10.7 Å². The first-order valence-electron chi connectivity index (χ1n) is 8.93. The number of aryl methyl sites for hydroxylation is 3. The summed E-state index contributed by atoms with van der Waals surface area (Å²) >= 11 is 1.17. The van der Waals surface area contributed by atoms with Crippen LogP contribution in [0.15, 0.2) is 47.6 Å². The van der Waals surface area contributed by atoms with Crippen molar-refractivity contribution in [3.05, 3.63) is 59.5 Å². The van der Waals surface area contributed by atoms with Gasteiger partial charge in [-0.3, -0.25) is 9.59 Å². The van der Waals surface area contributed by atoms with Gasteiger partial charge in [0.15, 0.2) is 11.8 Å². The molecule has 3 rings (SSSR count). The van der Waals surface area contributed by atoms with E-state index in [0.29, 0.717) is 11.0 Å². The average molecular weight is 411 g/mol. The molecule has 0 aliphatic rings. The molecule has 150 valence electrons. The highest BCUT2D eigenvalue weighted by Gasteiger charge is 2.13. The van der Waals surface area contributed by atoms with E-state index in [1.807, 2.05) is 57.2 Å². The van der Waals surface area contributed by atoms with E-state index >= 15 is 0 Å². The average Bonchev–Trinajstić information content (AvgIpc) is 3.04. The van der Waals surface area contributed by atoms with Crippen molar-refractivity contribution in [2.24, 2.45) is 0 Å². The number of esters is 1. The Bertz CT molecular complexity index is 1000. The minimum absolute atomic E-state index is 0.0250. The summed E-state index contributed by atoms with van der Waals surface area (Å²) in [5, 5.41) is 7.62. The van der Waals surface area contributed by atoms with Gasteiger partial charge in [0.2, 0.25) is 0 Å². The molecule has 0 unspecified atom stereocenters. The third kappa shape index (κ3) is 5.89. The lowest BCUT2D eigenvalue weighted by molar-refractivity contribution is -0.144. The smallest absolute Gasteiger partial charge is 0.316 e. The lowest BCUT2D eigenvalue weighted by atomic mass is 10.3. The first-order valence-corrected chi connectivity index (χ1v) is 9.92. The lowest BCUT2D eigenvalue weighted by Gasteiger charge is -2.09. The van der Waals surface area contributed by atoms with Crippen LogP contribution < -0.4 is 5.32 Å². The Hall–Kier alpha value is -3.20. The van der Waals surface area contributed by atoms with Gasteiger partial charge >= 0.3 is 5.97 Å². The molecule has 3 aromatic rings. The number of rotatable bonds is 7. The highest BCUT2D eigenvalue weighted by Crippen LogP contribution is 2.17. The number of anilines is 1. The van der Waals surface area contributed by atoms with Crippen molar-refractivity contribution in [3.8, 4) is 5.69 Å². The summed E-state index contributed by atoms with van der Waals surface area (Å²) in [7, 11) is 0. The Morgan fingerprint density at radius 1 is 1.03 bits per heavy atom. The topological polar surface area (TPSA) is 99.0 Å². The standard InChI is InChI=1S/C20H21N5O3S/c1-13-9-14(2)22-20(21-13)29-12-19(27)28-11-18(26)23-17-10-15(3)24-25(17)16-7-5-4-6-8-16/h4-10H,11-12H2,1-3H3,(H,23,26). The number of nitrogens with zero attached hydrogens (tertiary/aromatic N) is 4. The summed E-state index contributed by atoms with van der Waals surface area (Å²) in [5.41, 5.74) is 3.24. The van der Waals surface area contributed by atoms with Crippen molar-refractivity contribution in [1.82, 2.24) is 19.7 Å². The lowest BCUT2D eigenvalue weighted by Crippen LogP contribution is -2.23. The number of aromatic nitrogens is 4. The van der Waals surface area contributed by atoms with Crippen LogP contribution >= 0.6 is 11.8 Å². The molecule has 8 nitrogen and oxygen atoms in total. The molecule has 0 radical (unpaired) electrons. The Kier molecular flexibility index (Phi) is 6.61. The zero-order valence-electron chi connectivity index (χ0n) is 16.4. The maximum absolute atomic E-state index is 12.2. The number of benzene rings is 1. The molecule has 1 aromatic carbocycles. The Morgan fingerprint density at radius 2 is 1.72 bits per heavy atom. The van der Waals surface area contributed by atoms with Crippen LogP contribution in [0, 0.1) is 20.8 Å². The molecule has 0 saturated heterocycles. The highest BCUT2D eigenvalue weighted by atomic mass is 32.2. The van der Waals surface area contributed by atoms with Crippen molar-refractivity contribution >= 4 is 29.5 Å². The van der Waals surface area contributed by atoms with Gasteiger partial charge in [-0.25, -0.2) is 14.6 Å². The molecule has 0 aliphatic heterocycles. The fourth-order valence-electron chi connectivity index (χ4n) is 2.60. The van der Waals surface area contributed by atoms with Gasteiger partial charge in [-0.15, -0.1) is 0 Å². The molecule has 9 heteroatoms. The van der Waals surface area contributed by atoms with Gasteiger partial charge in [0.05, 0.1) is 17.1 Å². The number of carbonyl (C=O) groups excluding carboxylic acids is 2. The quantitative estimate of drug-likeness (QED) is 0.362. The molecule has 0 bridgehead atoms. The van der Waals surface area contributed by atoms with Crippen LogP contribution in [-0.4, -0.2) is 44.0 Å². The van der Waals surface area contributed by atoms with Crippen LogP contribution in [0.25, 0.3) is 5.69 Å². The molecule has 0 fully saturated rings. The number of amides is 1. The molecule has 1 N–H and O–H groups in total. The van der Waals surface area contributed by atoms with Gasteiger partial charge in [-0.05, 0) is 39.0 Å². The maximum Gasteiger partial charge on any atom is 0.316 e. The Balaban J connectivity index is 1.52. The zero-order valence-corrected chi connectivity index (χ0v) is 17.2. The molecule has 0 spiro atoms. The van der Waals surface area contributed by atoms with E-state index in [0.717, 1.165) is 22.8 Å². The molecule has 0 saturated carbocycles. The number of ether oxygens (including phenoxy) is 1. The van der Waals surface area contributed by atoms with Crippen LogP contribution in [0.2, 0.25) is 0 Å². The van der Waals surface area contributed by atoms with Crippen molar-refractivity contribution < 1.29 is 14.3 Å². The second-order valence-corrected chi connectivity index (χ2v) is 7.29. The summed E-state index contributed by atoms with van der Waals surface area (Å²) in [4.78, 5) is 32.7. The zero-order chi connectivity index (χ0) is 20.8. The molecule has 2 aromatic heterocycles. The maximum atomic E-state index is 12.2. The summed E-state index contributed by atoms with van der Waals surface area (Å²) in [6.07, 6.45) is 0. The van der Waals surface area contributed by atoms with E-state index in [-0.39, 0.29) is 12.4 Å². The van der Waals surface area contributed by atoms with Gasteiger partial charge in [0.1, 0.15) is 5.82 Å². The summed E-state index contributed by atoms with van der Waals surface area (Å²) in [6, 6.07) is 13.0. The predicted molar refractivity (Wildman–Crippen MR) is 110 cm³/mol. The molecule has 0 aliphatic carbocycles. The molecule has 29 heavy (non-hydrogen) atoms. The Morgan fingerprint density at radius 3 is 2.41 bits per heavy atom. The van der Waals surface area contributed by atoms with Gasteiger partial charge < -0.3 is 10.1 Å². The van der Waals surface area contributed by atoms with E-state index in [1.165, 1.54) is 11.8 Å². The fourth-order valence-corrected chi connectivity index (χ4v) is 3.35. The van der Waals surface area contributed by atoms with Crippen molar-refractivity contribution in [2.45, 2.75) is 25.9 Å². The van der Waals surface area contributed by atoms with Gasteiger partial charge in [0.25, 0.3) is 5.91 Å². The monoisotopic (exact) mass is 411 g/mol. The first-order chi connectivity index (χ1) is 13.9. The highest BCUT2D eigenvalue weighted by molar-refractivity contribution is 7.99. The van der Waals surface area contributed by atoms with Crippen molar-refractivity contribution in [2.75, 3.05) is 17.7 Å². The van der Waals surface area contributed by atoms with Gasteiger partial charge in [-0.2, -0.15) is 5.10 Å². The number of para-hydroxylation sites is 1. The Labute approximate surface area is 172 Å². The number of carbonyl (C=O) groups is 2. The molecule has 2 heterocycles. The largest absolute Gasteiger partial charge is 0.455 e. The summed E-state index contributed by atoms with van der Waals surface area (Å²) in [6.45, 7) is 5.18. The number of nitrogens with one attached hydrogen (secondary N) is 1. The fraction of sp³-hybridized carbons (Fsp3) is 0.250. The molecular weight excluding hydrogens is 390 g/mol. The number of hydrogen-bond donors (Lipinski definition) is 1. The predicted octanol–water partition coefficient (Wildman–Crippen LogP) is 2.86. The molecule has 1 amide bonds. The number of thioether (sulfide) groups is 1.